The molecule has 0 aliphatic heterocycles. The SMILES string of the molecule is CN(Cc1nccn1CC(F)(F)F)C(=O)CCNC(=O)c1cccs1. The van der Waals surface area contributed by atoms with E-state index in [9.17, 15) is 22.8 Å². The van der Waals surface area contributed by atoms with E-state index in [0.29, 0.717) is 4.88 Å². The van der Waals surface area contributed by atoms with Gasteiger partial charge in [-0.2, -0.15) is 13.2 Å². The fourth-order valence-electron chi connectivity index (χ4n) is 2.10. The molecule has 0 bridgehead atoms. The summed E-state index contributed by atoms with van der Waals surface area (Å²) in [5.41, 5.74) is 0. The summed E-state index contributed by atoms with van der Waals surface area (Å²) in [4.78, 5) is 29.5. The van der Waals surface area contributed by atoms with Crippen molar-refractivity contribution >= 4 is 23.2 Å². The number of amides is 2. The number of halogens is 3. The Morgan fingerprint density at radius 1 is 1.40 bits per heavy atom. The molecule has 2 rings (SSSR count). The van der Waals surface area contributed by atoms with Gasteiger partial charge >= 0.3 is 6.18 Å². The molecule has 2 aromatic rings. The fourth-order valence-corrected chi connectivity index (χ4v) is 2.74. The third-order valence-corrected chi connectivity index (χ3v) is 4.19. The molecule has 0 saturated carbocycles. The fraction of sp³-hybridized carbons (Fsp3) is 0.400. The standard InChI is InChI=1S/C15H17F3N4O2S/c1-21(9-12-19-6-7-22(12)10-15(16,17)18)13(23)4-5-20-14(24)11-3-2-8-25-11/h2-3,6-8H,4-5,9-10H2,1H3,(H,20,24). The maximum Gasteiger partial charge on any atom is 0.406 e. The Balaban J connectivity index is 1.81. The number of rotatable bonds is 7. The summed E-state index contributed by atoms with van der Waals surface area (Å²) in [6.07, 6.45) is -1.82. The van der Waals surface area contributed by atoms with Crippen LogP contribution in [0.25, 0.3) is 0 Å². The van der Waals surface area contributed by atoms with E-state index in [4.69, 9.17) is 0 Å². The number of imidazole rings is 1. The summed E-state index contributed by atoms with van der Waals surface area (Å²) in [6, 6.07) is 3.43. The lowest BCUT2D eigenvalue weighted by atomic mass is 10.3. The van der Waals surface area contributed by atoms with Gasteiger partial charge in [0.25, 0.3) is 5.91 Å². The van der Waals surface area contributed by atoms with Crippen molar-refractivity contribution in [3.05, 3.63) is 40.6 Å². The highest BCUT2D eigenvalue weighted by Gasteiger charge is 2.29. The second-order valence-corrected chi connectivity index (χ2v) is 6.27. The number of nitrogens with zero attached hydrogens (tertiary/aromatic N) is 3. The van der Waals surface area contributed by atoms with Gasteiger partial charge in [-0.3, -0.25) is 9.59 Å². The van der Waals surface area contributed by atoms with Crippen LogP contribution in [0.1, 0.15) is 21.9 Å². The van der Waals surface area contributed by atoms with Crippen molar-refractivity contribution in [1.29, 1.82) is 0 Å². The lowest BCUT2D eigenvalue weighted by Gasteiger charge is -2.18. The van der Waals surface area contributed by atoms with E-state index < -0.39 is 12.7 Å². The summed E-state index contributed by atoms with van der Waals surface area (Å²) in [5.74, 6) is -0.407. The predicted octanol–water partition coefficient (Wildman–Crippen LogP) is 2.29. The number of carbonyl (C=O) groups is 2. The van der Waals surface area contributed by atoms with Crippen molar-refractivity contribution in [3.8, 4) is 0 Å². The summed E-state index contributed by atoms with van der Waals surface area (Å²) in [6.45, 7) is -1.04. The Morgan fingerprint density at radius 3 is 2.80 bits per heavy atom. The zero-order valence-electron chi connectivity index (χ0n) is 13.4. The molecule has 0 unspecified atom stereocenters. The van der Waals surface area contributed by atoms with Crippen LogP contribution in [0.5, 0.6) is 0 Å². The molecule has 0 saturated heterocycles. The molecule has 0 atom stereocenters. The van der Waals surface area contributed by atoms with E-state index in [1.165, 1.54) is 35.7 Å². The van der Waals surface area contributed by atoms with Gasteiger partial charge < -0.3 is 14.8 Å². The van der Waals surface area contributed by atoms with Gasteiger partial charge in [-0.25, -0.2) is 4.98 Å². The average molecular weight is 374 g/mol. The number of hydrogen-bond acceptors (Lipinski definition) is 4. The Hall–Kier alpha value is -2.36. The first-order valence-electron chi connectivity index (χ1n) is 7.38. The minimum absolute atomic E-state index is 0.0409. The van der Waals surface area contributed by atoms with Crippen molar-refractivity contribution < 1.29 is 22.8 Å². The normalized spacial score (nSPS) is 11.4. The van der Waals surface area contributed by atoms with Crippen LogP contribution >= 0.6 is 11.3 Å². The molecule has 2 amide bonds. The van der Waals surface area contributed by atoms with Crippen LogP contribution in [0.4, 0.5) is 13.2 Å². The number of thiophene rings is 1. The molecule has 2 aromatic heterocycles. The molecule has 1 N–H and O–H groups in total. The van der Waals surface area contributed by atoms with Crippen LogP contribution in [0.3, 0.4) is 0 Å². The van der Waals surface area contributed by atoms with Gasteiger partial charge in [0.2, 0.25) is 5.91 Å². The van der Waals surface area contributed by atoms with E-state index in [2.05, 4.69) is 10.3 Å². The third-order valence-electron chi connectivity index (χ3n) is 3.33. The van der Waals surface area contributed by atoms with Gasteiger partial charge in [-0.15, -0.1) is 11.3 Å². The van der Waals surface area contributed by atoms with Gasteiger partial charge in [-0.05, 0) is 11.4 Å². The quantitative estimate of drug-likeness (QED) is 0.809. The van der Waals surface area contributed by atoms with E-state index >= 15 is 0 Å². The van der Waals surface area contributed by atoms with Crippen molar-refractivity contribution in [2.75, 3.05) is 13.6 Å². The van der Waals surface area contributed by atoms with Crippen LogP contribution in [0.15, 0.2) is 29.9 Å². The first kappa shape index (κ1) is 19.0. The number of alkyl halides is 3. The first-order valence-corrected chi connectivity index (χ1v) is 8.26. The minimum Gasteiger partial charge on any atom is -0.351 e. The highest BCUT2D eigenvalue weighted by atomic mass is 32.1. The molecule has 2 heterocycles. The highest BCUT2D eigenvalue weighted by molar-refractivity contribution is 7.12. The summed E-state index contributed by atoms with van der Waals surface area (Å²) in [5, 5.41) is 4.40. The van der Waals surface area contributed by atoms with E-state index in [1.54, 1.807) is 17.5 Å². The number of aromatic nitrogens is 2. The second kappa shape index (κ2) is 8.15. The summed E-state index contributed by atoms with van der Waals surface area (Å²) in [7, 11) is 1.48. The van der Waals surface area contributed by atoms with Crippen molar-refractivity contribution in [1.82, 2.24) is 19.8 Å². The van der Waals surface area contributed by atoms with Gasteiger partial charge in [0.15, 0.2) is 0 Å². The van der Waals surface area contributed by atoms with E-state index in [1.807, 2.05) is 0 Å². The molecule has 0 aliphatic carbocycles. The van der Waals surface area contributed by atoms with Crippen LogP contribution < -0.4 is 5.32 Å². The summed E-state index contributed by atoms with van der Waals surface area (Å²) >= 11 is 1.29. The maximum atomic E-state index is 12.5. The smallest absolute Gasteiger partial charge is 0.351 e. The minimum atomic E-state index is -4.36. The first-order chi connectivity index (χ1) is 11.8. The Bertz CT molecular complexity index is 713. The van der Waals surface area contributed by atoms with Gasteiger partial charge in [0, 0.05) is 32.4 Å². The topological polar surface area (TPSA) is 67.2 Å². The van der Waals surface area contributed by atoms with Crippen LogP contribution in [0, 0.1) is 0 Å². The molecule has 0 aromatic carbocycles. The Kier molecular flexibility index (Phi) is 6.18. The summed E-state index contributed by atoms with van der Waals surface area (Å²) < 4.78 is 38.4. The molecule has 6 nitrogen and oxygen atoms in total. The zero-order chi connectivity index (χ0) is 18.4. The monoisotopic (exact) mass is 374 g/mol. The molecule has 25 heavy (non-hydrogen) atoms. The van der Waals surface area contributed by atoms with Crippen molar-refractivity contribution in [2.24, 2.45) is 0 Å². The van der Waals surface area contributed by atoms with Crippen molar-refractivity contribution in [3.63, 3.8) is 0 Å². The molecular formula is C15H17F3N4O2S. The molecule has 136 valence electrons. The van der Waals surface area contributed by atoms with E-state index in [0.717, 1.165) is 4.57 Å². The van der Waals surface area contributed by atoms with E-state index in [-0.39, 0.29) is 37.1 Å². The van der Waals surface area contributed by atoms with Gasteiger partial charge in [-0.1, -0.05) is 6.07 Å². The molecule has 0 fully saturated rings. The Morgan fingerprint density at radius 2 is 2.16 bits per heavy atom. The van der Waals surface area contributed by atoms with Crippen molar-refractivity contribution in [2.45, 2.75) is 25.7 Å². The van der Waals surface area contributed by atoms with Crippen LogP contribution in [-0.2, 0) is 17.9 Å². The average Bonchev–Trinajstić information content (AvgIpc) is 3.18. The molecular weight excluding hydrogens is 357 g/mol. The van der Waals surface area contributed by atoms with Crippen LogP contribution in [-0.4, -0.2) is 46.0 Å². The lowest BCUT2D eigenvalue weighted by Crippen LogP contribution is -2.32. The molecule has 0 radical (unpaired) electrons. The number of carbonyl (C=O) groups excluding carboxylic acids is 2. The largest absolute Gasteiger partial charge is 0.406 e. The number of nitrogens with one attached hydrogen (secondary N) is 1. The Labute approximate surface area is 146 Å². The van der Waals surface area contributed by atoms with Crippen LogP contribution in [0.2, 0.25) is 0 Å². The number of hydrogen-bond donors (Lipinski definition) is 1. The van der Waals surface area contributed by atoms with Gasteiger partial charge in [0.1, 0.15) is 12.4 Å². The second-order valence-electron chi connectivity index (χ2n) is 5.32. The molecule has 0 aliphatic rings. The highest BCUT2D eigenvalue weighted by Crippen LogP contribution is 2.18. The third kappa shape index (κ3) is 5.89. The van der Waals surface area contributed by atoms with Gasteiger partial charge in [0.05, 0.1) is 11.4 Å². The maximum absolute atomic E-state index is 12.5. The molecule has 0 spiro atoms. The molecule has 10 heteroatoms. The predicted molar refractivity (Wildman–Crippen MR) is 86.0 cm³/mol. The lowest BCUT2D eigenvalue weighted by molar-refractivity contribution is -0.141. The zero-order valence-corrected chi connectivity index (χ0v) is 14.2.